The monoisotopic (exact) mass is 210 g/mol. The van der Waals surface area contributed by atoms with Gasteiger partial charge in [-0.3, -0.25) is 9.97 Å². The van der Waals surface area contributed by atoms with Crippen LogP contribution in [0.1, 0.15) is 18.2 Å². The molecular formula is C14H14N2. The lowest BCUT2D eigenvalue weighted by atomic mass is 10.1. The summed E-state index contributed by atoms with van der Waals surface area (Å²) in [7, 11) is 0. The Hall–Kier alpha value is -1.70. The van der Waals surface area contributed by atoms with Crippen molar-refractivity contribution < 1.29 is 0 Å². The Morgan fingerprint density at radius 3 is 2.69 bits per heavy atom. The van der Waals surface area contributed by atoms with Crippen molar-refractivity contribution in [3.05, 3.63) is 47.9 Å². The van der Waals surface area contributed by atoms with Crippen molar-refractivity contribution in [2.24, 2.45) is 5.92 Å². The number of hydrogen-bond acceptors (Lipinski definition) is 2. The molecule has 1 unspecified atom stereocenters. The molecule has 2 heterocycles. The summed E-state index contributed by atoms with van der Waals surface area (Å²) in [5.41, 5.74) is 4.92. The zero-order valence-corrected chi connectivity index (χ0v) is 9.35. The molecule has 0 amide bonds. The van der Waals surface area contributed by atoms with E-state index in [1.165, 1.54) is 17.7 Å². The van der Waals surface area contributed by atoms with E-state index in [9.17, 15) is 0 Å². The van der Waals surface area contributed by atoms with Crippen LogP contribution in [-0.4, -0.2) is 9.97 Å². The molecule has 0 aromatic carbocycles. The number of pyridine rings is 2. The summed E-state index contributed by atoms with van der Waals surface area (Å²) in [5, 5.41) is 0. The third-order valence-corrected chi connectivity index (χ3v) is 3.15. The molecule has 0 bridgehead atoms. The molecule has 16 heavy (non-hydrogen) atoms. The molecule has 0 N–H and O–H groups in total. The van der Waals surface area contributed by atoms with Crippen molar-refractivity contribution >= 4 is 0 Å². The largest absolute Gasteiger partial charge is 0.265 e. The molecule has 0 saturated heterocycles. The van der Waals surface area contributed by atoms with Crippen LogP contribution in [0.3, 0.4) is 0 Å². The van der Waals surface area contributed by atoms with Gasteiger partial charge in [0.25, 0.3) is 0 Å². The van der Waals surface area contributed by atoms with Crippen molar-refractivity contribution in [1.29, 1.82) is 0 Å². The topological polar surface area (TPSA) is 25.8 Å². The van der Waals surface area contributed by atoms with Gasteiger partial charge in [-0.15, -0.1) is 0 Å². The molecule has 1 atom stereocenters. The minimum Gasteiger partial charge on any atom is -0.265 e. The van der Waals surface area contributed by atoms with Gasteiger partial charge in [0.1, 0.15) is 0 Å². The van der Waals surface area contributed by atoms with Crippen LogP contribution >= 0.6 is 0 Å². The Bertz CT molecular complexity index is 505. The van der Waals surface area contributed by atoms with Gasteiger partial charge in [0.15, 0.2) is 0 Å². The first-order valence-corrected chi connectivity index (χ1v) is 5.72. The standard InChI is InChI=1S/C14H14N2/c1-10-8-12-2-3-13(16-14(12)9-10)11-4-6-15-7-5-11/h2-7,10H,8-9H2,1H3. The predicted molar refractivity (Wildman–Crippen MR) is 64.0 cm³/mol. The normalized spacial score (nSPS) is 18.4. The maximum Gasteiger partial charge on any atom is 0.0706 e. The van der Waals surface area contributed by atoms with Crippen LogP contribution in [-0.2, 0) is 12.8 Å². The third kappa shape index (κ3) is 1.60. The van der Waals surface area contributed by atoms with Crippen LogP contribution in [0.5, 0.6) is 0 Å². The quantitative estimate of drug-likeness (QED) is 0.723. The zero-order valence-electron chi connectivity index (χ0n) is 9.35. The maximum atomic E-state index is 4.75. The fourth-order valence-corrected chi connectivity index (χ4v) is 2.35. The molecule has 2 aromatic rings. The van der Waals surface area contributed by atoms with Crippen LogP contribution in [0.25, 0.3) is 11.3 Å². The van der Waals surface area contributed by atoms with Crippen LogP contribution in [0.4, 0.5) is 0 Å². The predicted octanol–water partition coefficient (Wildman–Crippen LogP) is 2.88. The average Bonchev–Trinajstić information content (AvgIpc) is 2.69. The summed E-state index contributed by atoms with van der Waals surface area (Å²) in [4.78, 5) is 8.77. The number of hydrogen-bond donors (Lipinski definition) is 0. The van der Waals surface area contributed by atoms with Gasteiger partial charge in [-0.1, -0.05) is 13.0 Å². The van der Waals surface area contributed by atoms with Gasteiger partial charge >= 0.3 is 0 Å². The number of nitrogens with zero attached hydrogens (tertiary/aromatic N) is 2. The van der Waals surface area contributed by atoms with Gasteiger partial charge in [0, 0.05) is 23.7 Å². The molecule has 2 nitrogen and oxygen atoms in total. The minimum atomic E-state index is 0.746. The maximum absolute atomic E-state index is 4.75. The summed E-state index contributed by atoms with van der Waals surface area (Å²) in [5.74, 6) is 0.746. The lowest BCUT2D eigenvalue weighted by Crippen LogP contribution is -1.92. The van der Waals surface area contributed by atoms with Gasteiger partial charge in [-0.25, -0.2) is 0 Å². The Balaban J connectivity index is 2.03. The number of aromatic nitrogens is 2. The van der Waals surface area contributed by atoms with Gasteiger partial charge in [-0.2, -0.15) is 0 Å². The van der Waals surface area contributed by atoms with Gasteiger partial charge in [0.2, 0.25) is 0 Å². The molecule has 2 heteroatoms. The molecule has 1 aliphatic carbocycles. The second-order valence-corrected chi connectivity index (χ2v) is 4.55. The molecule has 0 radical (unpaired) electrons. The molecule has 80 valence electrons. The molecule has 0 spiro atoms. The highest BCUT2D eigenvalue weighted by Gasteiger charge is 2.19. The molecule has 0 fully saturated rings. The highest BCUT2D eigenvalue weighted by atomic mass is 14.7. The smallest absolute Gasteiger partial charge is 0.0706 e. The first-order valence-electron chi connectivity index (χ1n) is 5.72. The van der Waals surface area contributed by atoms with Crippen molar-refractivity contribution in [1.82, 2.24) is 9.97 Å². The molecule has 0 aliphatic heterocycles. The summed E-state index contributed by atoms with van der Waals surface area (Å²) in [6.45, 7) is 2.29. The fraction of sp³-hybridized carbons (Fsp3) is 0.286. The van der Waals surface area contributed by atoms with E-state index < -0.39 is 0 Å². The first kappa shape index (κ1) is 9.52. The fourth-order valence-electron chi connectivity index (χ4n) is 2.35. The van der Waals surface area contributed by atoms with Crippen LogP contribution in [0.15, 0.2) is 36.7 Å². The van der Waals surface area contributed by atoms with Crippen molar-refractivity contribution in [3.63, 3.8) is 0 Å². The van der Waals surface area contributed by atoms with Crippen molar-refractivity contribution in [2.75, 3.05) is 0 Å². The van der Waals surface area contributed by atoms with Gasteiger partial charge in [0.05, 0.1) is 5.69 Å². The summed E-state index contributed by atoms with van der Waals surface area (Å²) < 4.78 is 0. The van der Waals surface area contributed by atoms with Crippen LogP contribution in [0, 0.1) is 5.92 Å². The molecule has 1 aliphatic rings. The van der Waals surface area contributed by atoms with Crippen molar-refractivity contribution in [3.8, 4) is 11.3 Å². The lowest BCUT2D eigenvalue weighted by Gasteiger charge is -2.03. The van der Waals surface area contributed by atoms with Crippen LogP contribution < -0.4 is 0 Å². The molecule has 3 rings (SSSR count). The third-order valence-electron chi connectivity index (χ3n) is 3.15. The van der Waals surface area contributed by atoms with Gasteiger partial charge < -0.3 is 0 Å². The second-order valence-electron chi connectivity index (χ2n) is 4.55. The first-order chi connectivity index (χ1) is 7.83. The second kappa shape index (κ2) is 3.71. The van der Waals surface area contributed by atoms with E-state index in [1.807, 2.05) is 24.5 Å². The van der Waals surface area contributed by atoms with Crippen molar-refractivity contribution in [2.45, 2.75) is 19.8 Å². The zero-order chi connectivity index (χ0) is 11.0. The number of rotatable bonds is 1. The lowest BCUT2D eigenvalue weighted by molar-refractivity contribution is 0.624. The minimum absolute atomic E-state index is 0.746. The Kier molecular flexibility index (Phi) is 2.21. The Morgan fingerprint density at radius 2 is 1.88 bits per heavy atom. The van der Waals surface area contributed by atoms with Gasteiger partial charge in [-0.05, 0) is 42.5 Å². The Morgan fingerprint density at radius 1 is 1.06 bits per heavy atom. The van der Waals surface area contributed by atoms with E-state index in [1.54, 1.807) is 0 Å². The van der Waals surface area contributed by atoms with E-state index >= 15 is 0 Å². The molecular weight excluding hydrogens is 196 g/mol. The SMILES string of the molecule is CC1Cc2ccc(-c3ccncc3)nc2C1. The summed E-state index contributed by atoms with van der Waals surface area (Å²) in [6.07, 6.45) is 5.92. The summed E-state index contributed by atoms with van der Waals surface area (Å²) >= 11 is 0. The average molecular weight is 210 g/mol. The van der Waals surface area contributed by atoms with E-state index in [4.69, 9.17) is 4.98 Å². The number of fused-ring (bicyclic) bond motifs is 1. The van der Waals surface area contributed by atoms with E-state index in [2.05, 4.69) is 24.0 Å². The van der Waals surface area contributed by atoms with E-state index in [0.717, 1.165) is 23.6 Å². The van der Waals surface area contributed by atoms with Crippen LogP contribution in [0.2, 0.25) is 0 Å². The highest BCUT2D eigenvalue weighted by Crippen LogP contribution is 2.27. The van der Waals surface area contributed by atoms with E-state index in [0.29, 0.717) is 0 Å². The highest BCUT2D eigenvalue weighted by molar-refractivity contribution is 5.59. The molecule has 0 saturated carbocycles. The Labute approximate surface area is 95.4 Å². The molecule has 2 aromatic heterocycles. The summed E-state index contributed by atoms with van der Waals surface area (Å²) in [6, 6.07) is 8.36. The van der Waals surface area contributed by atoms with E-state index in [-0.39, 0.29) is 0 Å².